The fourth-order valence-electron chi connectivity index (χ4n) is 2.01. The van der Waals surface area contributed by atoms with Crippen LogP contribution in [0.5, 0.6) is 0 Å². The highest BCUT2D eigenvalue weighted by Gasteiger charge is 2.32. The number of hydrogen-bond acceptors (Lipinski definition) is 2. The van der Waals surface area contributed by atoms with Gasteiger partial charge in [-0.05, 0) is 33.6 Å². The topological polar surface area (TPSA) is 32.3 Å². The van der Waals surface area contributed by atoms with Crippen LogP contribution < -0.4 is 5.32 Å². The molecule has 0 spiro atoms. The van der Waals surface area contributed by atoms with Crippen molar-refractivity contribution in [1.29, 1.82) is 0 Å². The van der Waals surface area contributed by atoms with Gasteiger partial charge in [-0.3, -0.25) is 4.79 Å². The standard InChI is InChI=1S/C13H24N2O/c1-6-9(3)14-12-8-13(16)15(11(12)5)10(4)7-2/h8-11,14H,6-7H2,1-5H3/t9-,10-,11+/m0/s1. The molecule has 3 nitrogen and oxygen atoms in total. The fraction of sp³-hybridized carbons (Fsp3) is 0.769. The normalized spacial score (nSPS) is 24.3. The van der Waals surface area contributed by atoms with Gasteiger partial charge in [-0.1, -0.05) is 13.8 Å². The predicted molar refractivity (Wildman–Crippen MR) is 67.0 cm³/mol. The molecule has 0 aromatic heterocycles. The van der Waals surface area contributed by atoms with E-state index in [4.69, 9.17) is 0 Å². The van der Waals surface area contributed by atoms with E-state index in [2.05, 4.69) is 39.9 Å². The Bertz CT molecular complexity index is 286. The summed E-state index contributed by atoms with van der Waals surface area (Å²) in [5.74, 6) is 0.146. The van der Waals surface area contributed by atoms with Crippen molar-refractivity contribution in [3.8, 4) is 0 Å². The first-order valence-corrected chi connectivity index (χ1v) is 6.31. The van der Waals surface area contributed by atoms with Gasteiger partial charge in [0.05, 0.1) is 6.04 Å². The molecular weight excluding hydrogens is 200 g/mol. The number of hydrogen-bond donors (Lipinski definition) is 1. The first kappa shape index (κ1) is 13.1. The SMILES string of the molecule is CC[C@H](C)NC1=CC(=O)N([C@@H](C)CC)[C@@H]1C. The van der Waals surface area contributed by atoms with Crippen molar-refractivity contribution in [3.05, 3.63) is 11.8 Å². The molecule has 1 aliphatic heterocycles. The van der Waals surface area contributed by atoms with E-state index in [1.54, 1.807) is 6.08 Å². The minimum atomic E-state index is 0.146. The molecule has 0 aromatic rings. The van der Waals surface area contributed by atoms with Gasteiger partial charge in [-0.2, -0.15) is 0 Å². The van der Waals surface area contributed by atoms with E-state index >= 15 is 0 Å². The average Bonchev–Trinajstić information content (AvgIpc) is 2.53. The van der Waals surface area contributed by atoms with Gasteiger partial charge >= 0.3 is 0 Å². The van der Waals surface area contributed by atoms with Gasteiger partial charge in [0.25, 0.3) is 0 Å². The lowest BCUT2D eigenvalue weighted by atomic mass is 10.1. The van der Waals surface area contributed by atoms with Crippen molar-refractivity contribution in [1.82, 2.24) is 10.2 Å². The molecule has 0 fully saturated rings. The van der Waals surface area contributed by atoms with Crippen molar-refractivity contribution < 1.29 is 4.79 Å². The van der Waals surface area contributed by atoms with Crippen LogP contribution in [-0.4, -0.2) is 28.9 Å². The van der Waals surface area contributed by atoms with Crippen LogP contribution in [0.25, 0.3) is 0 Å². The number of nitrogens with zero attached hydrogens (tertiary/aromatic N) is 1. The van der Waals surface area contributed by atoms with Crippen molar-refractivity contribution in [2.75, 3.05) is 0 Å². The third kappa shape index (κ3) is 2.57. The summed E-state index contributed by atoms with van der Waals surface area (Å²) in [7, 11) is 0. The van der Waals surface area contributed by atoms with Gasteiger partial charge < -0.3 is 10.2 Å². The summed E-state index contributed by atoms with van der Waals surface area (Å²) < 4.78 is 0. The second-order valence-electron chi connectivity index (χ2n) is 4.73. The quantitative estimate of drug-likeness (QED) is 0.777. The van der Waals surface area contributed by atoms with Gasteiger partial charge in [0.2, 0.25) is 5.91 Å². The number of carbonyl (C=O) groups excluding carboxylic acids is 1. The maximum Gasteiger partial charge on any atom is 0.249 e. The molecule has 0 radical (unpaired) electrons. The molecule has 3 atom stereocenters. The molecule has 3 heteroatoms. The second kappa shape index (κ2) is 5.37. The van der Waals surface area contributed by atoms with E-state index in [0.717, 1.165) is 18.5 Å². The van der Waals surface area contributed by atoms with E-state index in [-0.39, 0.29) is 11.9 Å². The Hall–Kier alpha value is -0.990. The van der Waals surface area contributed by atoms with Gasteiger partial charge in [-0.15, -0.1) is 0 Å². The average molecular weight is 224 g/mol. The molecular formula is C13H24N2O. The van der Waals surface area contributed by atoms with Crippen LogP contribution >= 0.6 is 0 Å². The highest BCUT2D eigenvalue weighted by molar-refractivity contribution is 5.92. The molecule has 1 amide bonds. The molecule has 0 bridgehead atoms. The van der Waals surface area contributed by atoms with Crippen molar-refractivity contribution in [2.45, 2.75) is 65.6 Å². The highest BCUT2D eigenvalue weighted by atomic mass is 16.2. The summed E-state index contributed by atoms with van der Waals surface area (Å²) in [6, 6.07) is 0.935. The molecule has 92 valence electrons. The lowest BCUT2D eigenvalue weighted by Crippen LogP contribution is -2.42. The van der Waals surface area contributed by atoms with E-state index < -0.39 is 0 Å². The molecule has 0 aliphatic carbocycles. The minimum Gasteiger partial charge on any atom is -0.384 e. The molecule has 1 aliphatic rings. The molecule has 1 N–H and O–H groups in total. The zero-order valence-corrected chi connectivity index (χ0v) is 11.1. The number of rotatable bonds is 5. The second-order valence-corrected chi connectivity index (χ2v) is 4.73. The summed E-state index contributed by atoms with van der Waals surface area (Å²) in [5, 5.41) is 3.42. The lowest BCUT2D eigenvalue weighted by Gasteiger charge is -2.30. The first-order valence-electron chi connectivity index (χ1n) is 6.31. The van der Waals surface area contributed by atoms with Crippen molar-refractivity contribution >= 4 is 5.91 Å². The van der Waals surface area contributed by atoms with Crippen LogP contribution in [0.1, 0.15) is 47.5 Å². The molecule has 0 aromatic carbocycles. The summed E-state index contributed by atoms with van der Waals surface area (Å²) in [4.78, 5) is 13.8. The monoisotopic (exact) mass is 224 g/mol. The Kier molecular flexibility index (Phi) is 4.39. The zero-order valence-electron chi connectivity index (χ0n) is 11.1. The van der Waals surface area contributed by atoms with Crippen LogP contribution in [0.3, 0.4) is 0 Å². The van der Waals surface area contributed by atoms with Crippen LogP contribution in [0.15, 0.2) is 11.8 Å². The Morgan fingerprint density at radius 3 is 2.50 bits per heavy atom. The van der Waals surface area contributed by atoms with Crippen molar-refractivity contribution in [2.24, 2.45) is 0 Å². The summed E-state index contributed by atoms with van der Waals surface area (Å²) >= 11 is 0. The van der Waals surface area contributed by atoms with Crippen LogP contribution in [0, 0.1) is 0 Å². The number of carbonyl (C=O) groups is 1. The maximum absolute atomic E-state index is 11.9. The van der Waals surface area contributed by atoms with Gasteiger partial charge in [-0.25, -0.2) is 0 Å². The lowest BCUT2D eigenvalue weighted by molar-refractivity contribution is -0.127. The summed E-state index contributed by atoms with van der Waals surface area (Å²) in [6.45, 7) is 10.6. The van der Waals surface area contributed by atoms with Gasteiger partial charge in [0.15, 0.2) is 0 Å². The minimum absolute atomic E-state index is 0.146. The van der Waals surface area contributed by atoms with E-state index in [0.29, 0.717) is 12.1 Å². The number of amides is 1. The highest BCUT2D eigenvalue weighted by Crippen LogP contribution is 2.21. The maximum atomic E-state index is 11.9. The smallest absolute Gasteiger partial charge is 0.249 e. The van der Waals surface area contributed by atoms with Crippen LogP contribution in [0.2, 0.25) is 0 Å². The van der Waals surface area contributed by atoms with Crippen LogP contribution in [-0.2, 0) is 4.79 Å². The first-order chi connectivity index (χ1) is 7.51. The Morgan fingerprint density at radius 1 is 1.38 bits per heavy atom. The van der Waals surface area contributed by atoms with E-state index in [1.807, 2.05) is 4.90 Å². The van der Waals surface area contributed by atoms with Gasteiger partial charge in [0.1, 0.15) is 0 Å². The molecule has 0 unspecified atom stereocenters. The molecule has 0 saturated heterocycles. The molecule has 1 rings (SSSR count). The largest absolute Gasteiger partial charge is 0.384 e. The van der Waals surface area contributed by atoms with Crippen LogP contribution in [0.4, 0.5) is 0 Å². The summed E-state index contributed by atoms with van der Waals surface area (Å²) in [5.41, 5.74) is 1.07. The Labute approximate surface area is 98.9 Å². The molecule has 16 heavy (non-hydrogen) atoms. The van der Waals surface area contributed by atoms with Crippen molar-refractivity contribution in [3.63, 3.8) is 0 Å². The third-order valence-corrected chi connectivity index (χ3v) is 3.49. The third-order valence-electron chi connectivity index (χ3n) is 3.49. The Morgan fingerprint density at radius 2 is 2.00 bits per heavy atom. The van der Waals surface area contributed by atoms with E-state index in [9.17, 15) is 4.79 Å². The van der Waals surface area contributed by atoms with E-state index in [1.165, 1.54) is 0 Å². The predicted octanol–water partition coefficient (Wildman–Crippen LogP) is 2.29. The number of nitrogens with one attached hydrogen (secondary N) is 1. The fourth-order valence-corrected chi connectivity index (χ4v) is 2.01. The molecule has 1 heterocycles. The zero-order chi connectivity index (χ0) is 12.3. The Balaban J connectivity index is 2.70. The molecule has 0 saturated carbocycles. The summed E-state index contributed by atoms with van der Waals surface area (Å²) in [6.07, 6.45) is 3.82. The van der Waals surface area contributed by atoms with Gasteiger partial charge in [0, 0.05) is 23.9 Å².